The Labute approximate surface area is 191 Å². The molecular formula is C23H24N2O7S. The number of nitrogens with zero attached hydrogens (tertiary/aromatic N) is 1. The van der Waals surface area contributed by atoms with Crippen LogP contribution in [0.2, 0.25) is 0 Å². The first kappa shape index (κ1) is 24.1. The maximum absolute atomic E-state index is 13.0. The van der Waals surface area contributed by atoms with Crippen molar-refractivity contribution in [2.75, 3.05) is 16.4 Å². The van der Waals surface area contributed by atoms with Gasteiger partial charge in [0.25, 0.3) is 17.7 Å². The molecule has 3 amide bonds. The molecule has 1 aliphatic heterocycles. The summed E-state index contributed by atoms with van der Waals surface area (Å²) in [5.41, 5.74) is 2.30. The van der Waals surface area contributed by atoms with Gasteiger partial charge in [-0.15, -0.1) is 0 Å². The number of aryl methyl sites for hydroxylation is 1. The maximum Gasteiger partial charge on any atom is 0.326 e. The quantitative estimate of drug-likeness (QED) is 0.561. The Bertz CT molecular complexity index is 1270. The summed E-state index contributed by atoms with van der Waals surface area (Å²) in [6.45, 7) is 5.12. The molecule has 0 aliphatic carbocycles. The smallest absolute Gasteiger partial charge is 0.326 e. The van der Waals surface area contributed by atoms with E-state index in [0.717, 1.165) is 16.0 Å². The molecule has 9 nitrogen and oxygen atoms in total. The molecule has 10 heteroatoms. The number of fused-ring (bicyclic) bond motifs is 1. The number of nitrogens with one attached hydrogen (secondary N) is 1. The zero-order valence-corrected chi connectivity index (χ0v) is 19.2. The Balaban J connectivity index is 1.85. The van der Waals surface area contributed by atoms with Crippen LogP contribution in [0.5, 0.6) is 0 Å². The zero-order valence-electron chi connectivity index (χ0n) is 18.4. The van der Waals surface area contributed by atoms with Crippen LogP contribution in [0.4, 0.5) is 5.69 Å². The highest BCUT2D eigenvalue weighted by molar-refractivity contribution is 7.91. The van der Waals surface area contributed by atoms with Crippen LogP contribution in [0, 0.1) is 13.8 Å². The minimum Gasteiger partial charge on any atom is -0.480 e. The molecule has 0 fully saturated rings. The van der Waals surface area contributed by atoms with Crippen molar-refractivity contribution in [1.29, 1.82) is 0 Å². The number of carboxylic acid groups (broad SMARTS) is 1. The number of sulfone groups is 1. The molecule has 1 unspecified atom stereocenters. The van der Waals surface area contributed by atoms with Crippen molar-refractivity contribution in [3.8, 4) is 0 Å². The normalized spacial score (nSPS) is 14.2. The van der Waals surface area contributed by atoms with Gasteiger partial charge in [0.05, 0.1) is 22.6 Å². The van der Waals surface area contributed by atoms with Crippen molar-refractivity contribution < 1.29 is 32.7 Å². The van der Waals surface area contributed by atoms with E-state index in [2.05, 4.69) is 5.32 Å². The largest absolute Gasteiger partial charge is 0.480 e. The van der Waals surface area contributed by atoms with Gasteiger partial charge in [0.15, 0.2) is 0 Å². The van der Waals surface area contributed by atoms with Crippen LogP contribution in [-0.4, -0.2) is 54.8 Å². The van der Waals surface area contributed by atoms with Gasteiger partial charge < -0.3 is 10.4 Å². The van der Waals surface area contributed by atoms with Gasteiger partial charge in [-0.1, -0.05) is 19.1 Å². The molecule has 0 aromatic heterocycles. The van der Waals surface area contributed by atoms with Crippen LogP contribution in [0.3, 0.4) is 0 Å². The third kappa shape index (κ3) is 4.80. The topological polar surface area (TPSA) is 138 Å². The third-order valence-electron chi connectivity index (χ3n) is 5.73. The Morgan fingerprint density at radius 3 is 2.36 bits per heavy atom. The van der Waals surface area contributed by atoms with Crippen LogP contribution >= 0.6 is 0 Å². The lowest BCUT2D eigenvalue weighted by Crippen LogP contribution is -2.42. The van der Waals surface area contributed by atoms with Gasteiger partial charge in [-0.3, -0.25) is 14.4 Å². The molecule has 0 bridgehead atoms. The van der Waals surface area contributed by atoms with E-state index in [1.165, 1.54) is 25.1 Å². The number of carbonyl (C=O) groups is 4. The summed E-state index contributed by atoms with van der Waals surface area (Å²) >= 11 is 0. The molecule has 2 aromatic carbocycles. The summed E-state index contributed by atoms with van der Waals surface area (Å²) in [5, 5.41) is 11.7. The van der Waals surface area contributed by atoms with Crippen molar-refractivity contribution in [2.45, 2.75) is 33.2 Å². The van der Waals surface area contributed by atoms with E-state index in [1.54, 1.807) is 19.1 Å². The number of hydrogen-bond acceptors (Lipinski definition) is 6. The van der Waals surface area contributed by atoms with Crippen molar-refractivity contribution in [3.63, 3.8) is 0 Å². The van der Waals surface area contributed by atoms with Crippen molar-refractivity contribution in [3.05, 3.63) is 64.2 Å². The van der Waals surface area contributed by atoms with Crippen molar-refractivity contribution >= 4 is 39.2 Å². The van der Waals surface area contributed by atoms with E-state index in [9.17, 15) is 32.7 Å². The first-order chi connectivity index (χ1) is 15.5. The van der Waals surface area contributed by atoms with Crippen LogP contribution in [-0.2, 0) is 14.6 Å². The van der Waals surface area contributed by atoms with E-state index in [-0.39, 0.29) is 34.6 Å². The highest BCUT2D eigenvalue weighted by Gasteiger charge is 2.38. The van der Waals surface area contributed by atoms with Gasteiger partial charge in [0.1, 0.15) is 15.9 Å². The van der Waals surface area contributed by atoms with Crippen LogP contribution in [0.15, 0.2) is 36.4 Å². The molecule has 3 rings (SSSR count). The number of carbonyl (C=O) groups excluding carboxylic acids is 3. The number of carboxylic acids is 1. The summed E-state index contributed by atoms with van der Waals surface area (Å²) in [7, 11) is -3.41. The molecule has 174 valence electrons. The molecular weight excluding hydrogens is 448 g/mol. The standard InChI is InChI=1S/C23H24N2O7S/c1-4-33(31,32)11-10-18(23(29)30)24-20(26)15-8-9-16-17(12-15)22(28)25(21(16)27)19-7-5-6-13(2)14(19)3/h5-9,12,18H,4,10-11H2,1-3H3,(H,24,26)(H,29,30). The van der Waals surface area contributed by atoms with Crippen molar-refractivity contribution in [2.24, 2.45) is 0 Å². The van der Waals surface area contributed by atoms with Crippen molar-refractivity contribution in [1.82, 2.24) is 5.32 Å². The molecule has 0 spiro atoms. The number of amides is 3. The average Bonchev–Trinajstić information content (AvgIpc) is 3.02. The summed E-state index contributed by atoms with van der Waals surface area (Å²) in [6, 6.07) is 7.78. The second kappa shape index (κ2) is 9.14. The lowest BCUT2D eigenvalue weighted by atomic mass is 10.0. The van der Waals surface area contributed by atoms with E-state index in [4.69, 9.17) is 0 Å². The molecule has 1 heterocycles. The van der Waals surface area contributed by atoms with Gasteiger partial charge in [0.2, 0.25) is 0 Å². The molecule has 1 aliphatic rings. The average molecular weight is 473 g/mol. The Morgan fingerprint density at radius 1 is 1.06 bits per heavy atom. The first-order valence-electron chi connectivity index (χ1n) is 10.3. The Morgan fingerprint density at radius 2 is 1.73 bits per heavy atom. The fraction of sp³-hybridized carbons (Fsp3) is 0.304. The predicted octanol–water partition coefficient (Wildman–Crippen LogP) is 2.11. The van der Waals surface area contributed by atoms with Crippen LogP contribution in [0.1, 0.15) is 55.5 Å². The number of anilines is 1. The summed E-state index contributed by atoms with van der Waals surface area (Å²) in [4.78, 5) is 51.1. The van der Waals surface area contributed by atoms with Gasteiger partial charge in [-0.05, 0) is 55.7 Å². The van der Waals surface area contributed by atoms with E-state index >= 15 is 0 Å². The Kier molecular flexibility index (Phi) is 6.68. The van der Waals surface area contributed by atoms with Gasteiger partial charge in [-0.2, -0.15) is 0 Å². The maximum atomic E-state index is 13.0. The number of imide groups is 1. The monoisotopic (exact) mass is 472 g/mol. The van der Waals surface area contributed by atoms with Gasteiger partial charge in [-0.25, -0.2) is 18.1 Å². The second-order valence-corrected chi connectivity index (χ2v) is 10.3. The SMILES string of the molecule is CCS(=O)(=O)CCC(NC(=O)c1ccc2c(c1)C(=O)N(c1cccc(C)c1C)C2=O)C(=O)O. The molecule has 0 saturated carbocycles. The molecule has 2 N–H and O–H groups in total. The van der Waals surface area contributed by atoms with Gasteiger partial charge in [0, 0.05) is 11.3 Å². The Hall–Kier alpha value is -3.53. The number of hydrogen-bond donors (Lipinski definition) is 2. The molecule has 2 aromatic rings. The minimum atomic E-state index is -3.41. The molecule has 1 atom stereocenters. The van der Waals surface area contributed by atoms with E-state index in [1.807, 2.05) is 13.0 Å². The molecule has 33 heavy (non-hydrogen) atoms. The summed E-state index contributed by atoms with van der Waals surface area (Å²) < 4.78 is 23.4. The van der Waals surface area contributed by atoms with E-state index in [0.29, 0.717) is 5.69 Å². The highest BCUT2D eigenvalue weighted by atomic mass is 32.2. The number of benzene rings is 2. The summed E-state index contributed by atoms with van der Waals surface area (Å²) in [6.07, 6.45) is -0.292. The first-order valence-corrected chi connectivity index (χ1v) is 12.1. The van der Waals surface area contributed by atoms with Gasteiger partial charge >= 0.3 is 5.97 Å². The highest BCUT2D eigenvalue weighted by Crippen LogP contribution is 2.32. The number of aliphatic carboxylic acids is 1. The third-order valence-corrected chi connectivity index (χ3v) is 7.46. The van der Waals surface area contributed by atoms with Crippen LogP contribution < -0.4 is 10.2 Å². The second-order valence-electron chi connectivity index (χ2n) is 7.81. The fourth-order valence-corrected chi connectivity index (χ4v) is 4.40. The minimum absolute atomic E-state index is 0.0117. The summed E-state index contributed by atoms with van der Waals surface area (Å²) in [5.74, 6) is -3.77. The van der Waals surface area contributed by atoms with E-state index < -0.39 is 39.6 Å². The molecule has 0 saturated heterocycles. The lowest BCUT2D eigenvalue weighted by Gasteiger charge is -2.17. The predicted molar refractivity (Wildman–Crippen MR) is 121 cm³/mol. The lowest BCUT2D eigenvalue weighted by molar-refractivity contribution is -0.139. The fourth-order valence-electron chi connectivity index (χ4n) is 3.52. The van der Waals surface area contributed by atoms with Crippen LogP contribution in [0.25, 0.3) is 0 Å². The molecule has 0 radical (unpaired) electrons. The number of rotatable bonds is 8. The zero-order chi connectivity index (χ0) is 24.5.